The molecule has 1 fully saturated rings. The van der Waals surface area contributed by atoms with Gasteiger partial charge in [-0.05, 0) is 57.5 Å². The fourth-order valence-corrected chi connectivity index (χ4v) is 6.02. The van der Waals surface area contributed by atoms with Crippen molar-refractivity contribution in [3.05, 3.63) is 91.2 Å². The lowest BCUT2D eigenvalue weighted by Crippen LogP contribution is -2.46. The Balaban J connectivity index is 1.39. The van der Waals surface area contributed by atoms with Crippen LogP contribution in [0, 0.1) is 13.8 Å². The predicted octanol–water partition coefficient (Wildman–Crippen LogP) is 4.70. The first-order valence-electron chi connectivity index (χ1n) is 14.0. The zero-order chi connectivity index (χ0) is 31.5. The quantitative estimate of drug-likeness (QED) is 0.327. The molecule has 0 spiro atoms. The van der Waals surface area contributed by atoms with Gasteiger partial charge in [-0.1, -0.05) is 15.9 Å². The third-order valence-electron chi connectivity index (χ3n) is 7.91. The van der Waals surface area contributed by atoms with Gasteiger partial charge in [0.15, 0.2) is 0 Å². The number of carbonyl (C=O) groups is 1. The molecule has 1 amide bonds. The first-order chi connectivity index (χ1) is 20.8. The number of aryl methyl sites for hydroxylation is 2. The Morgan fingerprint density at radius 1 is 1.14 bits per heavy atom. The van der Waals surface area contributed by atoms with E-state index >= 15 is 0 Å². The number of amides is 1. The molecule has 14 heteroatoms. The Labute approximate surface area is 258 Å². The van der Waals surface area contributed by atoms with E-state index in [1.165, 1.54) is 32.5 Å². The van der Waals surface area contributed by atoms with E-state index in [1.807, 2.05) is 19.9 Å². The third kappa shape index (κ3) is 5.52. The van der Waals surface area contributed by atoms with E-state index in [-0.39, 0.29) is 46.7 Å². The number of benzene rings is 1. The maximum absolute atomic E-state index is 14.1. The Morgan fingerprint density at radius 2 is 1.89 bits per heavy atom. The van der Waals surface area contributed by atoms with Gasteiger partial charge in [0, 0.05) is 46.2 Å². The number of aliphatic hydroxyl groups is 1. The van der Waals surface area contributed by atoms with Crippen molar-refractivity contribution >= 4 is 21.8 Å². The molecule has 0 saturated heterocycles. The lowest BCUT2D eigenvalue weighted by atomic mass is 9.92. The van der Waals surface area contributed by atoms with Gasteiger partial charge in [-0.2, -0.15) is 18.3 Å². The highest BCUT2D eigenvalue weighted by molar-refractivity contribution is 9.10. The van der Waals surface area contributed by atoms with Crippen LogP contribution in [0.5, 0.6) is 5.88 Å². The van der Waals surface area contributed by atoms with Gasteiger partial charge in [-0.15, -0.1) is 0 Å². The molecule has 1 N–H and O–H groups in total. The summed E-state index contributed by atoms with van der Waals surface area (Å²) < 4.78 is 49.2. The number of ether oxygens (including phenoxy) is 1. The summed E-state index contributed by atoms with van der Waals surface area (Å²) in [6, 6.07) is 8.04. The second-order valence-corrected chi connectivity index (χ2v) is 12.1. The number of alkyl halides is 3. The molecule has 2 aliphatic rings. The SMILES string of the molecule is Cc1cc(C)n(-c2nc3c(c(=O)n2-c2ccc(O[C@H]4C[C@@H](O)C4)nc2)C[C@@H](C)N(C(=O)c2ccc(Br)c(C(F)(F)F)c2)C3)n1. The van der Waals surface area contributed by atoms with Crippen molar-refractivity contribution in [3.63, 3.8) is 0 Å². The highest BCUT2D eigenvalue weighted by Crippen LogP contribution is 2.36. The summed E-state index contributed by atoms with van der Waals surface area (Å²) in [6.07, 6.45) is -2.43. The molecule has 10 nitrogen and oxygen atoms in total. The third-order valence-corrected chi connectivity index (χ3v) is 8.60. The zero-order valence-corrected chi connectivity index (χ0v) is 25.6. The number of aliphatic hydroxyl groups excluding tert-OH is 1. The number of aromatic nitrogens is 5. The number of hydrogen-bond donors (Lipinski definition) is 1. The van der Waals surface area contributed by atoms with Crippen molar-refractivity contribution in [2.24, 2.45) is 0 Å². The van der Waals surface area contributed by atoms with Crippen LogP contribution in [0.15, 0.2) is 51.9 Å². The van der Waals surface area contributed by atoms with Gasteiger partial charge < -0.3 is 14.7 Å². The van der Waals surface area contributed by atoms with E-state index in [2.05, 4.69) is 26.0 Å². The van der Waals surface area contributed by atoms with Crippen LogP contribution in [0.1, 0.15) is 58.3 Å². The Bertz CT molecular complexity index is 1820. The van der Waals surface area contributed by atoms with Crippen LogP contribution in [0.3, 0.4) is 0 Å². The lowest BCUT2D eigenvalue weighted by molar-refractivity contribution is -0.138. The molecule has 0 radical (unpaired) electrons. The minimum absolute atomic E-state index is 0.0760. The second kappa shape index (κ2) is 11.1. The van der Waals surface area contributed by atoms with Crippen LogP contribution in [0.4, 0.5) is 13.2 Å². The van der Waals surface area contributed by atoms with Crippen LogP contribution < -0.4 is 10.3 Å². The van der Waals surface area contributed by atoms with Gasteiger partial charge in [0.2, 0.25) is 11.8 Å². The number of rotatable bonds is 5. The highest BCUT2D eigenvalue weighted by Gasteiger charge is 2.36. The molecule has 3 aromatic heterocycles. The molecular formula is C30H28BrF3N6O4. The van der Waals surface area contributed by atoms with E-state index in [9.17, 15) is 27.9 Å². The van der Waals surface area contributed by atoms with E-state index in [0.29, 0.717) is 47.1 Å². The largest absolute Gasteiger partial charge is 0.474 e. The monoisotopic (exact) mass is 672 g/mol. The molecular weight excluding hydrogens is 645 g/mol. The molecule has 1 aromatic carbocycles. The molecule has 1 aliphatic carbocycles. The second-order valence-electron chi connectivity index (χ2n) is 11.2. The van der Waals surface area contributed by atoms with Gasteiger partial charge in [0.1, 0.15) is 6.10 Å². The molecule has 1 aliphatic heterocycles. The Morgan fingerprint density at radius 3 is 2.50 bits per heavy atom. The van der Waals surface area contributed by atoms with E-state index in [1.54, 1.807) is 19.1 Å². The standard InChI is InChI=1S/C30H28BrF3N6O4/c1-15-8-17(3)40(37-15)29-36-25-14-38(27(42)18-4-6-24(31)23(10-18)30(32,33)34)16(2)9-22(25)28(43)39(29)19-5-7-26(35-13-19)44-21-11-20(41)12-21/h4-8,10,13,16,20-21,41H,9,11-12,14H2,1-3H3/t16-,20-,21+/m1/s1. The first-order valence-corrected chi connectivity index (χ1v) is 14.8. The van der Waals surface area contributed by atoms with Gasteiger partial charge in [-0.25, -0.2) is 19.2 Å². The summed E-state index contributed by atoms with van der Waals surface area (Å²) in [5.41, 5.74) is 1.14. The van der Waals surface area contributed by atoms with Gasteiger partial charge in [0.05, 0.1) is 41.5 Å². The zero-order valence-electron chi connectivity index (χ0n) is 24.0. The van der Waals surface area contributed by atoms with Crippen molar-refractivity contribution in [3.8, 4) is 17.5 Å². The number of fused-ring (bicyclic) bond motifs is 1. The summed E-state index contributed by atoms with van der Waals surface area (Å²) in [5, 5.41) is 14.1. The molecule has 230 valence electrons. The van der Waals surface area contributed by atoms with Crippen LogP contribution in [-0.4, -0.2) is 58.5 Å². The number of halogens is 4. The molecule has 4 heterocycles. The van der Waals surface area contributed by atoms with E-state index < -0.39 is 23.7 Å². The van der Waals surface area contributed by atoms with Crippen molar-refractivity contribution in [2.45, 2.75) is 71.0 Å². The van der Waals surface area contributed by atoms with Crippen LogP contribution in [0.2, 0.25) is 0 Å². The molecule has 6 rings (SSSR count). The average molecular weight is 673 g/mol. The van der Waals surface area contributed by atoms with Crippen molar-refractivity contribution < 1.29 is 27.8 Å². The van der Waals surface area contributed by atoms with Gasteiger partial charge in [0.25, 0.3) is 11.5 Å². The average Bonchev–Trinajstić information content (AvgIpc) is 3.29. The molecule has 0 unspecified atom stereocenters. The highest BCUT2D eigenvalue weighted by atomic mass is 79.9. The molecule has 1 saturated carbocycles. The number of carbonyl (C=O) groups excluding carboxylic acids is 1. The van der Waals surface area contributed by atoms with E-state index in [4.69, 9.17) is 9.72 Å². The Hall–Kier alpha value is -4.04. The number of hydrogen-bond acceptors (Lipinski definition) is 7. The maximum Gasteiger partial charge on any atom is 0.417 e. The summed E-state index contributed by atoms with van der Waals surface area (Å²) in [7, 11) is 0. The van der Waals surface area contributed by atoms with Crippen LogP contribution in [0.25, 0.3) is 11.6 Å². The smallest absolute Gasteiger partial charge is 0.417 e. The Kier molecular flexibility index (Phi) is 7.60. The summed E-state index contributed by atoms with van der Waals surface area (Å²) in [4.78, 5) is 38.3. The van der Waals surface area contributed by atoms with Crippen molar-refractivity contribution in [2.75, 3.05) is 0 Å². The fraction of sp³-hybridized carbons (Fsp3) is 0.367. The predicted molar refractivity (Wildman–Crippen MR) is 156 cm³/mol. The topological polar surface area (TPSA) is 115 Å². The van der Waals surface area contributed by atoms with Gasteiger partial charge >= 0.3 is 6.18 Å². The minimum Gasteiger partial charge on any atom is -0.474 e. The number of pyridine rings is 1. The van der Waals surface area contributed by atoms with Gasteiger partial charge in [-0.3, -0.25) is 9.59 Å². The van der Waals surface area contributed by atoms with E-state index in [0.717, 1.165) is 6.07 Å². The van der Waals surface area contributed by atoms with Crippen LogP contribution >= 0.6 is 15.9 Å². The molecule has 0 bridgehead atoms. The summed E-state index contributed by atoms with van der Waals surface area (Å²) >= 11 is 2.92. The summed E-state index contributed by atoms with van der Waals surface area (Å²) in [5.74, 6) is -0.0536. The van der Waals surface area contributed by atoms with Crippen LogP contribution in [-0.2, 0) is 19.1 Å². The van der Waals surface area contributed by atoms with Crippen molar-refractivity contribution in [1.29, 1.82) is 0 Å². The molecule has 44 heavy (non-hydrogen) atoms. The minimum atomic E-state index is -4.64. The van der Waals surface area contributed by atoms with Crippen molar-refractivity contribution in [1.82, 2.24) is 29.2 Å². The fourth-order valence-electron chi connectivity index (χ4n) is 5.54. The molecule has 4 aromatic rings. The lowest BCUT2D eigenvalue weighted by Gasteiger charge is -2.34. The summed E-state index contributed by atoms with van der Waals surface area (Å²) in [6.45, 7) is 5.30. The maximum atomic E-state index is 14.1. The molecule has 1 atom stereocenters. The number of nitrogens with zero attached hydrogens (tertiary/aromatic N) is 6. The first kappa shape index (κ1) is 30.0. The normalized spacial score (nSPS) is 19.8.